The minimum atomic E-state index is -0.250. The van der Waals surface area contributed by atoms with Crippen LogP contribution in [0, 0.1) is 0 Å². The highest BCUT2D eigenvalue weighted by molar-refractivity contribution is 5.90. The predicted molar refractivity (Wildman–Crippen MR) is 141 cm³/mol. The first kappa shape index (κ1) is 27.3. The Labute approximate surface area is 212 Å². The average Bonchev–Trinajstić information content (AvgIpc) is 2.90. The topological polar surface area (TPSA) is 61.3 Å². The second kappa shape index (κ2) is 15.7. The first-order valence-electron chi connectivity index (χ1n) is 13.9. The molecule has 1 aliphatic rings. The number of nitrogens with zero attached hydrogens (tertiary/aromatic N) is 2. The van der Waals surface area contributed by atoms with Gasteiger partial charge in [-0.25, -0.2) is 14.8 Å². The van der Waals surface area contributed by atoms with Crippen molar-refractivity contribution in [1.29, 1.82) is 0 Å². The summed E-state index contributed by atoms with van der Waals surface area (Å²) < 4.78 is 11.8. The molecule has 1 aliphatic carbocycles. The molecule has 1 aromatic carbocycles. The fourth-order valence-corrected chi connectivity index (χ4v) is 4.64. The molecule has 3 rings (SSSR count). The maximum Gasteiger partial charge on any atom is 0.338 e. The Morgan fingerprint density at radius 1 is 0.800 bits per heavy atom. The number of hydrogen-bond donors (Lipinski definition) is 0. The number of hydrogen-bond acceptors (Lipinski definition) is 5. The molecule has 0 atom stereocenters. The smallest absolute Gasteiger partial charge is 0.338 e. The normalized spacial score (nSPS) is 17.9. The van der Waals surface area contributed by atoms with Gasteiger partial charge < -0.3 is 9.47 Å². The number of aromatic nitrogens is 2. The van der Waals surface area contributed by atoms with Crippen LogP contribution in [0.3, 0.4) is 0 Å². The molecular weight excluding hydrogens is 436 g/mol. The summed E-state index contributed by atoms with van der Waals surface area (Å²) in [6.45, 7) is 5.31. The lowest BCUT2D eigenvalue weighted by atomic mass is 9.95. The predicted octanol–water partition coefficient (Wildman–Crippen LogP) is 7.72. The fraction of sp³-hybridized carbons (Fsp3) is 0.633. The highest BCUT2D eigenvalue weighted by atomic mass is 16.5. The summed E-state index contributed by atoms with van der Waals surface area (Å²) in [4.78, 5) is 21.7. The van der Waals surface area contributed by atoms with Crippen LogP contribution in [0.4, 0.5) is 0 Å². The Bertz CT molecular complexity index is 843. The Balaban J connectivity index is 1.39. The van der Waals surface area contributed by atoms with Crippen molar-refractivity contribution in [2.75, 3.05) is 6.61 Å². The van der Waals surface area contributed by atoms with Crippen LogP contribution in [-0.2, 0) is 15.9 Å². The zero-order chi connectivity index (χ0) is 24.7. The van der Waals surface area contributed by atoms with Crippen LogP contribution in [0.5, 0.6) is 0 Å². The molecule has 5 nitrogen and oxygen atoms in total. The van der Waals surface area contributed by atoms with Gasteiger partial charge in [-0.1, -0.05) is 70.9 Å². The summed E-state index contributed by atoms with van der Waals surface area (Å²) in [6, 6.07) is 7.43. The molecule has 1 saturated carbocycles. The fourth-order valence-electron chi connectivity index (χ4n) is 4.64. The number of esters is 1. The maximum absolute atomic E-state index is 12.6. The van der Waals surface area contributed by atoms with Gasteiger partial charge in [0.1, 0.15) is 6.10 Å². The minimum Gasteiger partial charge on any atom is -0.459 e. The summed E-state index contributed by atoms with van der Waals surface area (Å²) in [6.07, 6.45) is 20.1. The summed E-state index contributed by atoms with van der Waals surface area (Å²) in [5.41, 5.74) is 2.67. The van der Waals surface area contributed by atoms with Gasteiger partial charge in [-0.3, -0.25) is 0 Å². The molecule has 192 valence electrons. The van der Waals surface area contributed by atoms with Crippen LogP contribution < -0.4 is 0 Å². The van der Waals surface area contributed by atoms with E-state index in [2.05, 4.69) is 23.8 Å². The molecule has 35 heavy (non-hydrogen) atoms. The van der Waals surface area contributed by atoms with Gasteiger partial charge >= 0.3 is 5.97 Å². The van der Waals surface area contributed by atoms with Crippen LogP contribution in [0.2, 0.25) is 0 Å². The second-order valence-electron chi connectivity index (χ2n) is 9.89. The van der Waals surface area contributed by atoms with E-state index in [-0.39, 0.29) is 12.1 Å². The third kappa shape index (κ3) is 9.71. The van der Waals surface area contributed by atoms with Crippen LogP contribution in [0.25, 0.3) is 11.4 Å². The zero-order valence-electron chi connectivity index (χ0n) is 21.8. The molecule has 1 heterocycles. The van der Waals surface area contributed by atoms with Crippen molar-refractivity contribution < 1.29 is 14.3 Å². The van der Waals surface area contributed by atoms with Crippen molar-refractivity contribution in [3.63, 3.8) is 0 Å². The van der Waals surface area contributed by atoms with E-state index in [1.165, 1.54) is 56.9 Å². The minimum absolute atomic E-state index is 0.0139. The van der Waals surface area contributed by atoms with Crippen molar-refractivity contribution in [2.45, 2.75) is 116 Å². The van der Waals surface area contributed by atoms with Crippen LogP contribution >= 0.6 is 0 Å². The summed E-state index contributed by atoms with van der Waals surface area (Å²) in [5, 5.41) is 0. The molecule has 0 amide bonds. The third-order valence-corrected chi connectivity index (χ3v) is 6.90. The van der Waals surface area contributed by atoms with Gasteiger partial charge in [-0.05, 0) is 62.6 Å². The van der Waals surface area contributed by atoms with Gasteiger partial charge in [0.2, 0.25) is 0 Å². The molecular formula is C30H44N2O3. The third-order valence-electron chi connectivity index (χ3n) is 6.90. The van der Waals surface area contributed by atoms with Crippen molar-refractivity contribution in [2.24, 2.45) is 0 Å². The van der Waals surface area contributed by atoms with E-state index in [0.29, 0.717) is 17.5 Å². The number of carbonyl (C=O) groups is 1. The molecule has 0 radical (unpaired) electrons. The SMILES string of the molecule is CCCCCCCc1cnc(-c2ccc(C(=O)OC3CCC(OCCCCCC)CC3)cc2)nc1. The molecule has 0 N–H and O–H groups in total. The average molecular weight is 481 g/mol. The number of benzene rings is 1. The second-order valence-corrected chi connectivity index (χ2v) is 9.89. The zero-order valence-corrected chi connectivity index (χ0v) is 21.8. The van der Waals surface area contributed by atoms with E-state index in [1.807, 2.05) is 36.7 Å². The van der Waals surface area contributed by atoms with E-state index >= 15 is 0 Å². The van der Waals surface area contributed by atoms with E-state index in [4.69, 9.17) is 9.47 Å². The first-order chi connectivity index (χ1) is 17.2. The largest absolute Gasteiger partial charge is 0.459 e. The van der Waals surface area contributed by atoms with Gasteiger partial charge in [0.05, 0.1) is 11.7 Å². The van der Waals surface area contributed by atoms with Crippen LogP contribution in [0.15, 0.2) is 36.7 Å². The van der Waals surface area contributed by atoms with Crippen molar-refractivity contribution in [3.05, 3.63) is 47.8 Å². The summed E-state index contributed by atoms with van der Waals surface area (Å²) in [7, 11) is 0. The Morgan fingerprint density at radius 2 is 1.40 bits per heavy atom. The highest BCUT2D eigenvalue weighted by Crippen LogP contribution is 2.25. The van der Waals surface area contributed by atoms with Crippen LogP contribution in [0.1, 0.15) is 113 Å². The number of rotatable bonds is 15. The highest BCUT2D eigenvalue weighted by Gasteiger charge is 2.24. The number of aryl methyl sites for hydroxylation is 1. The molecule has 1 aromatic heterocycles. The van der Waals surface area contributed by atoms with Gasteiger partial charge in [0.25, 0.3) is 0 Å². The van der Waals surface area contributed by atoms with E-state index < -0.39 is 0 Å². The molecule has 0 saturated heterocycles. The Hall–Kier alpha value is -2.27. The molecule has 0 bridgehead atoms. The monoisotopic (exact) mass is 480 g/mol. The Morgan fingerprint density at radius 3 is 2.06 bits per heavy atom. The quantitative estimate of drug-likeness (QED) is 0.193. The molecule has 1 fully saturated rings. The van der Waals surface area contributed by atoms with Crippen molar-refractivity contribution in [1.82, 2.24) is 9.97 Å². The van der Waals surface area contributed by atoms with Gasteiger partial charge in [-0.15, -0.1) is 0 Å². The Kier molecular flexibility index (Phi) is 12.2. The standard InChI is InChI=1S/C30H44N2O3/c1-3-5-7-9-10-12-24-22-31-29(32-23-24)25-13-15-26(16-14-25)30(33)35-28-19-17-27(18-20-28)34-21-11-8-6-4-2/h13-16,22-23,27-28H,3-12,17-21H2,1-2H3. The van der Waals surface area contributed by atoms with Crippen LogP contribution in [-0.4, -0.2) is 34.8 Å². The summed E-state index contributed by atoms with van der Waals surface area (Å²) in [5.74, 6) is 0.437. The molecule has 0 spiro atoms. The lowest BCUT2D eigenvalue weighted by Crippen LogP contribution is -2.28. The first-order valence-corrected chi connectivity index (χ1v) is 13.9. The number of carbonyl (C=O) groups excluding carboxylic acids is 1. The molecule has 5 heteroatoms. The summed E-state index contributed by atoms with van der Waals surface area (Å²) >= 11 is 0. The number of ether oxygens (including phenoxy) is 2. The van der Waals surface area contributed by atoms with E-state index in [1.54, 1.807) is 0 Å². The van der Waals surface area contributed by atoms with E-state index in [9.17, 15) is 4.79 Å². The van der Waals surface area contributed by atoms with Crippen molar-refractivity contribution >= 4 is 5.97 Å². The van der Waals surface area contributed by atoms with Gasteiger partial charge in [-0.2, -0.15) is 0 Å². The van der Waals surface area contributed by atoms with E-state index in [0.717, 1.165) is 50.7 Å². The van der Waals surface area contributed by atoms with Gasteiger partial charge in [0.15, 0.2) is 5.82 Å². The number of unbranched alkanes of at least 4 members (excludes halogenated alkanes) is 7. The maximum atomic E-state index is 12.6. The molecule has 0 unspecified atom stereocenters. The van der Waals surface area contributed by atoms with Crippen molar-refractivity contribution in [3.8, 4) is 11.4 Å². The van der Waals surface area contributed by atoms with Gasteiger partial charge in [0, 0.05) is 24.6 Å². The lowest BCUT2D eigenvalue weighted by molar-refractivity contribution is -0.0204. The molecule has 0 aliphatic heterocycles. The molecule has 2 aromatic rings. The lowest BCUT2D eigenvalue weighted by Gasteiger charge is -2.28.